The van der Waals surface area contributed by atoms with E-state index in [2.05, 4.69) is 0 Å². The average Bonchev–Trinajstić information content (AvgIpc) is 2.72. The van der Waals surface area contributed by atoms with Gasteiger partial charge in [-0.3, -0.25) is 4.79 Å². The smallest absolute Gasteiger partial charge is 0.419 e. The van der Waals surface area contributed by atoms with E-state index in [1.54, 1.807) is 60.6 Å². The van der Waals surface area contributed by atoms with E-state index in [0.29, 0.717) is 11.3 Å². The van der Waals surface area contributed by atoms with Crippen LogP contribution in [0.2, 0.25) is 0 Å². The van der Waals surface area contributed by atoms with Crippen molar-refractivity contribution in [3.8, 4) is 11.5 Å². The van der Waals surface area contributed by atoms with Crippen molar-refractivity contribution in [2.75, 3.05) is 7.11 Å². The summed E-state index contributed by atoms with van der Waals surface area (Å²) < 4.78 is 56.0. The molecule has 0 aliphatic heterocycles. The van der Waals surface area contributed by atoms with Crippen LogP contribution < -0.4 is 9.47 Å². The highest BCUT2D eigenvalue weighted by Crippen LogP contribution is 2.37. The van der Waals surface area contributed by atoms with E-state index in [1.807, 2.05) is 0 Å². The minimum Gasteiger partial charge on any atom is -0.496 e. The maximum Gasteiger partial charge on any atom is 0.419 e. The highest BCUT2D eigenvalue weighted by atomic mass is 19.4. The molecule has 0 aliphatic rings. The molecule has 0 unspecified atom stereocenters. The molecule has 0 fully saturated rings. The van der Waals surface area contributed by atoms with Gasteiger partial charge in [0.1, 0.15) is 17.1 Å². The molecule has 190 valence electrons. The molecule has 0 aliphatic carbocycles. The number of alkyl halides is 3. The van der Waals surface area contributed by atoms with Gasteiger partial charge in [-0.15, -0.1) is 0 Å². The van der Waals surface area contributed by atoms with Crippen LogP contribution in [-0.2, 0) is 15.7 Å². The van der Waals surface area contributed by atoms with Gasteiger partial charge in [0.25, 0.3) is 0 Å². The topological polar surface area (TPSA) is 61.8 Å². The highest BCUT2D eigenvalue weighted by molar-refractivity contribution is 6.07. The molecule has 0 saturated heterocycles. The number of aryl methyl sites for hydroxylation is 2. The van der Waals surface area contributed by atoms with Crippen LogP contribution in [0.5, 0.6) is 11.5 Å². The monoisotopic (exact) mass is 492 g/mol. The van der Waals surface area contributed by atoms with Gasteiger partial charge < -0.3 is 14.2 Å². The van der Waals surface area contributed by atoms with Crippen LogP contribution in [0.25, 0.3) is 6.08 Å². The van der Waals surface area contributed by atoms with Gasteiger partial charge in [0.2, 0.25) is 0 Å². The molecule has 0 saturated carbocycles. The Balaban J connectivity index is 2.26. The molecule has 0 aromatic heterocycles. The zero-order valence-electron chi connectivity index (χ0n) is 21.2. The summed E-state index contributed by atoms with van der Waals surface area (Å²) in [6.07, 6.45) is -1.92. The third kappa shape index (κ3) is 7.34. The number of hydrogen-bond donors (Lipinski definition) is 0. The molecule has 2 rings (SSSR count). The Morgan fingerprint density at radius 1 is 0.914 bits per heavy atom. The zero-order chi connectivity index (χ0) is 26.8. The molecule has 2 aromatic carbocycles. The Morgan fingerprint density at radius 2 is 1.49 bits per heavy atom. The number of esters is 1. The number of hydrogen-bond acceptors (Lipinski definition) is 5. The van der Waals surface area contributed by atoms with Gasteiger partial charge in [0, 0.05) is 5.56 Å². The van der Waals surface area contributed by atoms with Gasteiger partial charge in [-0.1, -0.05) is 6.08 Å². The third-order valence-electron chi connectivity index (χ3n) is 4.95. The number of ether oxygens (including phenoxy) is 3. The van der Waals surface area contributed by atoms with E-state index in [-0.39, 0.29) is 11.3 Å². The largest absolute Gasteiger partial charge is 0.496 e. The number of rotatable bonds is 7. The molecular formula is C27H31F3O5. The van der Waals surface area contributed by atoms with Gasteiger partial charge in [-0.25, -0.2) is 4.79 Å². The molecular weight excluding hydrogens is 461 g/mol. The Hall–Kier alpha value is -3.29. The summed E-state index contributed by atoms with van der Waals surface area (Å²) in [5.74, 6) is -0.931. The Morgan fingerprint density at radius 3 is 1.97 bits per heavy atom. The van der Waals surface area contributed by atoms with Crippen molar-refractivity contribution in [2.45, 2.75) is 65.8 Å². The van der Waals surface area contributed by atoms with Crippen LogP contribution in [0.15, 0.2) is 36.4 Å². The summed E-state index contributed by atoms with van der Waals surface area (Å²) in [5.41, 5.74) is -0.925. The fraction of sp³-hybridized carbons (Fsp3) is 0.407. The van der Waals surface area contributed by atoms with Crippen LogP contribution in [-0.4, -0.2) is 30.1 Å². The number of halogens is 3. The second-order valence-corrected chi connectivity index (χ2v) is 9.71. The Bertz CT molecular complexity index is 1120. The van der Waals surface area contributed by atoms with E-state index in [0.717, 1.165) is 30.4 Å². The maximum absolute atomic E-state index is 13.3. The molecule has 5 nitrogen and oxygen atoms in total. The number of carbonyl (C=O) groups excluding carboxylic acids is 2. The van der Waals surface area contributed by atoms with Gasteiger partial charge in [0.15, 0.2) is 11.4 Å². The lowest BCUT2D eigenvalue weighted by atomic mass is 10.0. The van der Waals surface area contributed by atoms with Crippen molar-refractivity contribution in [1.29, 1.82) is 0 Å². The molecule has 0 N–H and O–H groups in total. The van der Waals surface area contributed by atoms with Crippen LogP contribution in [0.4, 0.5) is 13.2 Å². The molecule has 0 atom stereocenters. The third-order valence-corrected chi connectivity index (χ3v) is 4.95. The molecule has 0 spiro atoms. The van der Waals surface area contributed by atoms with E-state index < -0.39 is 34.7 Å². The summed E-state index contributed by atoms with van der Waals surface area (Å²) in [5, 5.41) is 0. The number of carbonyl (C=O) groups is 2. The average molecular weight is 493 g/mol. The lowest BCUT2D eigenvalue weighted by Crippen LogP contribution is -2.43. The fourth-order valence-corrected chi connectivity index (χ4v) is 3.29. The summed E-state index contributed by atoms with van der Waals surface area (Å²) in [6, 6.07) is 6.69. The van der Waals surface area contributed by atoms with Crippen molar-refractivity contribution in [1.82, 2.24) is 0 Å². The second kappa shape index (κ2) is 10.1. The SMILES string of the molecule is COc1ccc(C(=O)C=Cc2cc(C)c(OC(C)(C)C(=O)OC(C)(C)C)c(C)c2)cc1C(F)(F)F. The molecule has 0 radical (unpaired) electrons. The normalized spacial score (nSPS) is 12.5. The van der Waals surface area contributed by atoms with Crippen LogP contribution in [0, 0.1) is 13.8 Å². The number of allylic oxidation sites excluding steroid dienone is 1. The van der Waals surface area contributed by atoms with Gasteiger partial charge in [-0.05, 0) is 102 Å². The first-order valence-corrected chi connectivity index (χ1v) is 11.0. The van der Waals surface area contributed by atoms with Gasteiger partial charge >= 0.3 is 12.1 Å². The first-order valence-electron chi connectivity index (χ1n) is 11.0. The molecule has 8 heteroatoms. The standard InChI is InChI=1S/C27H31F3O5/c1-16-13-18(14-17(2)23(16)34-26(6,7)24(32)35-25(3,4)5)9-11-21(31)19-10-12-22(33-8)20(15-19)27(28,29)30/h9-15H,1-8H3. The van der Waals surface area contributed by atoms with Crippen molar-refractivity contribution >= 4 is 17.8 Å². The predicted molar refractivity (Wildman–Crippen MR) is 128 cm³/mol. The molecule has 0 heterocycles. The number of methoxy groups -OCH3 is 1. The summed E-state index contributed by atoms with van der Waals surface area (Å²) >= 11 is 0. The lowest BCUT2D eigenvalue weighted by Gasteiger charge is -2.30. The first kappa shape index (κ1) is 28.0. The minimum absolute atomic E-state index is 0.109. The quantitative estimate of drug-likeness (QED) is 0.244. The van der Waals surface area contributed by atoms with Gasteiger partial charge in [0.05, 0.1) is 12.7 Å². The van der Waals surface area contributed by atoms with Crippen molar-refractivity contribution < 1.29 is 37.0 Å². The number of ketones is 1. The predicted octanol–water partition coefficient (Wildman–Crippen LogP) is 6.73. The van der Waals surface area contributed by atoms with E-state index >= 15 is 0 Å². The zero-order valence-corrected chi connectivity index (χ0v) is 21.2. The first-order chi connectivity index (χ1) is 15.9. The van der Waals surface area contributed by atoms with Crippen molar-refractivity contribution in [2.24, 2.45) is 0 Å². The van der Waals surface area contributed by atoms with Crippen LogP contribution in [0.1, 0.15) is 67.2 Å². The van der Waals surface area contributed by atoms with Crippen molar-refractivity contribution in [3.05, 3.63) is 64.2 Å². The van der Waals surface area contributed by atoms with Crippen LogP contribution >= 0.6 is 0 Å². The highest BCUT2D eigenvalue weighted by Gasteiger charge is 2.36. The maximum atomic E-state index is 13.3. The molecule has 0 bridgehead atoms. The molecule has 0 amide bonds. The Kier molecular flexibility index (Phi) is 8.10. The van der Waals surface area contributed by atoms with E-state index in [1.165, 1.54) is 18.2 Å². The summed E-state index contributed by atoms with van der Waals surface area (Å²) in [7, 11) is 1.14. The van der Waals surface area contributed by atoms with E-state index in [9.17, 15) is 22.8 Å². The lowest BCUT2D eigenvalue weighted by molar-refractivity contribution is -0.171. The fourth-order valence-electron chi connectivity index (χ4n) is 3.29. The van der Waals surface area contributed by atoms with Crippen LogP contribution in [0.3, 0.4) is 0 Å². The van der Waals surface area contributed by atoms with Gasteiger partial charge in [-0.2, -0.15) is 13.2 Å². The molecule has 2 aromatic rings. The molecule has 35 heavy (non-hydrogen) atoms. The van der Waals surface area contributed by atoms with E-state index in [4.69, 9.17) is 14.2 Å². The summed E-state index contributed by atoms with van der Waals surface area (Å²) in [6.45, 7) is 12.2. The van der Waals surface area contributed by atoms with Crippen molar-refractivity contribution in [3.63, 3.8) is 0 Å². The summed E-state index contributed by atoms with van der Waals surface area (Å²) in [4.78, 5) is 25.1. The Labute approximate surface area is 203 Å². The minimum atomic E-state index is -4.65. The second-order valence-electron chi connectivity index (χ2n) is 9.71. The number of benzene rings is 2.